The van der Waals surface area contributed by atoms with Crippen LogP contribution < -0.4 is 10.6 Å². The van der Waals surface area contributed by atoms with Crippen molar-refractivity contribution >= 4 is 51.7 Å². The Kier molecular flexibility index (Phi) is 6.15. The van der Waals surface area contributed by atoms with E-state index in [2.05, 4.69) is 15.6 Å². The number of benzene rings is 2. The van der Waals surface area contributed by atoms with Gasteiger partial charge in [0, 0.05) is 42.0 Å². The molecule has 2 N–H and O–H groups in total. The highest BCUT2D eigenvalue weighted by atomic mass is 35.5. The number of nitro groups is 1. The van der Waals surface area contributed by atoms with E-state index in [1.807, 2.05) is 0 Å². The van der Waals surface area contributed by atoms with Gasteiger partial charge in [-0.3, -0.25) is 14.9 Å². The van der Waals surface area contributed by atoms with Gasteiger partial charge in [0.25, 0.3) is 10.9 Å². The third kappa shape index (κ3) is 5.35. The fourth-order valence-electron chi connectivity index (χ4n) is 2.23. The van der Waals surface area contributed by atoms with Gasteiger partial charge in [0.2, 0.25) is 5.91 Å². The van der Waals surface area contributed by atoms with Crippen LogP contribution in [0.25, 0.3) is 11.1 Å². The van der Waals surface area contributed by atoms with Crippen molar-refractivity contribution in [1.29, 1.82) is 0 Å². The third-order valence-corrected chi connectivity index (χ3v) is 4.58. The first-order chi connectivity index (χ1) is 13.0. The molecule has 2 aromatic carbocycles. The van der Waals surface area contributed by atoms with Crippen molar-refractivity contribution < 1.29 is 14.1 Å². The molecule has 1 aromatic heterocycles. The summed E-state index contributed by atoms with van der Waals surface area (Å²) in [6, 6.07) is 11.2. The first-order valence-electron chi connectivity index (χ1n) is 7.95. The predicted molar refractivity (Wildman–Crippen MR) is 104 cm³/mol. The highest BCUT2D eigenvalue weighted by Crippen LogP contribution is 2.25. The largest absolute Gasteiger partial charge is 0.431 e. The molecule has 0 atom stereocenters. The molecule has 27 heavy (non-hydrogen) atoms. The SMILES string of the molecule is O=C(CSc1nc2ccc(Cl)cc2o1)NCCNc1ccc([N+](=O)[O-])cc1. The lowest BCUT2D eigenvalue weighted by atomic mass is 10.3. The molecule has 1 heterocycles. The summed E-state index contributed by atoms with van der Waals surface area (Å²) in [5, 5.41) is 17.4. The number of oxazole rings is 1. The zero-order chi connectivity index (χ0) is 19.2. The Labute approximate surface area is 163 Å². The fourth-order valence-corrected chi connectivity index (χ4v) is 3.06. The van der Waals surface area contributed by atoms with Crippen molar-refractivity contribution in [3.8, 4) is 0 Å². The number of nitrogens with zero attached hydrogens (tertiary/aromatic N) is 2. The van der Waals surface area contributed by atoms with E-state index in [1.165, 1.54) is 23.9 Å². The number of nitro benzene ring substituents is 1. The van der Waals surface area contributed by atoms with Crippen LogP contribution in [0.1, 0.15) is 0 Å². The van der Waals surface area contributed by atoms with Gasteiger partial charge in [0.15, 0.2) is 5.58 Å². The average Bonchev–Trinajstić information content (AvgIpc) is 3.06. The summed E-state index contributed by atoms with van der Waals surface area (Å²) in [5.74, 6) is 0.0312. The van der Waals surface area contributed by atoms with Gasteiger partial charge < -0.3 is 15.1 Å². The Balaban J connectivity index is 1.38. The molecule has 0 aliphatic heterocycles. The normalized spacial score (nSPS) is 10.7. The quantitative estimate of drug-likeness (QED) is 0.254. The van der Waals surface area contributed by atoms with Crippen molar-refractivity contribution in [2.75, 3.05) is 24.2 Å². The van der Waals surface area contributed by atoms with Crippen molar-refractivity contribution in [2.24, 2.45) is 0 Å². The van der Waals surface area contributed by atoms with Crippen LogP contribution >= 0.6 is 23.4 Å². The van der Waals surface area contributed by atoms with Gasteiger partial charge >= 0.3 is 0 Å². The van der Waals surface area contributed by atoms with Gasteiger partial charge in [-0.05, 0) is 24.3 Å². The van der Waals surface area contributed by atoms with Crippen LogP contribution in [0.15, 0.2) is 52.1 Å². The number of carbonyl (C=O) groups excluding carboxylic acids is 1. The molecule has 0 fully saturated rings. The fraction of sp³-hybridized carbons (Fsp3) is 0.176. The van der Waals surface area contributed by atoms with Crippen molar-refractivity contribution in [2.45, 2.75) is 5.22 Å². The summed E-state index contributed by atoms with van der Waals surface area (Å²) >= 11 is 7.10. The second-order valence-electron chi connectivity index (χ2n) is 5.46. The highest BCUT2D eigenvalue weighted by Gasteiger charge is 2.09. The molecule has 1 amide bonds. The van der Waals surface area contributed by atoms with Crippen LogP contribution in [0.4, 0.5) is 11.4 Å². The van der Waals surface area contributed by atoms with E-state index in [0.29, 0.717) is 34.4 Å². The van der Waals surface area contributed by atoms with E-state index in [4.69, 9.17) is 16.0 Å². The lowest BCUT2D eigenvalue weighted by Crippen LogP contribution is -2.30. The number of rotatable bonds is 8. The average molecular weight is 407 g/mol. The lowest BCUT2D eigenvalue weighted by Gasteiger charge is -2.07. The number of hydrogen-bond donors (Lipinski definition) is 2. The standard InChI is InChI=1S/C17H15ClN4O4S/c18-11-1-6-14-15(9-11)26-17(21-14)27-10-16(23)20-8-7-19-12-2-4-13(5-3-12)22(24)25/h1-6,9,19H,7-8,10H2,(H,20,23). The molecule has 3 aromatic rings. The summed E-state index contributed by atoms with van der Waals surface area (Å²) < 4.78 is 5.54. The molecule has 0 saturated carbocycles. The van der Waals surface area contributed by atoms with Gasteiger partial charge in [-0.25, -0.2) is 4.98 Å². The molecule has 0 unspecified atom stereocenters. The van der Waals surface area contributed by atoms with Gasteiger partial charge in [-0.15, -0.1) is 0 Å². The Morgan fingerprint density at radius 3 is 2.74 bits per heavy atom. The first kappa shape index (κ1) is 19.0. The minimum Gasteiger partial charge on any atom is -0.431 e. The number of hydrogen-bond acceptors (Lipinski definition) is 7. The summed E-state index contributed by atoms with van der Waals surface area (Å²) in [5.41, 5.74) is 2.05. The molecule has 0 aliphatic carbocycles. The highest BCUT2D eigenvalue weighted by molar-refractivity contribution is 7.99. The van der Waals surface area contributed by atoms with Gasteiger partial charge in [-0.2, -0.15) is 0 Å². The number of carbonyl (C=O) groups is 1. The maximum absolute atomic E-state index is 11.9. The van der Waals surface area contributed by atoms with Crippen molar-refractivity contribution in [3.63, 3.8) is 0 Å². The number of nitrogens with one attached hydrogen (secondary N) is 2. The maximum Gasteiger partial charge on any atom is 0.269 e. The van der Waals surface area contributed by atoms with E-state index < -0.39 is 4.92 Å². The van der Waals surface area contributed by atoms with Crippen LogP contribution in [0.3, 0.4) is 0 Å². The van der Waals surface area contributed by atoms with E-state index in [9.17, 15) is 14.9 Å². The van der Waals surface area contributed by atoms with Crippen LogP contribution in [0, 0.1) is 10.1 Å². The molecule has 0 radical (unpaired) electrons. The molecule has 0 bridgehead atoms. The minimum absolute atomic E-state index is 0.0346. The molecule has 8 nitrogen and oxygen atoms in total. The number of non-ortho nitro benzene ring substituents is 1. The van der Waals surface area contributed by atoms with Crippen LogP contribution in [-0.4, -0.2) is 34.7 Å². The number of halogens is 1. The molecule has 10 heteroatoms. The van der Waals surface area contributed by atoms with Gasteiger partial charge in [-0.1, -0.05) is 23.4 Å². The van der Waals surface area contributed by atoms with E-state index in [1.54, 1.807) is 30.3 Å². The smallest absolute Gasteiger partial charge is 0.269 e. The zero-order valence-electron chi connectivity index (χ0n) is 14.0. The molecular formula is C17H15ClN4O4S. The summed E-state index contributed by atoms with van der Waals surface area (Å²) in [7, 11) is 0. The number of aromatic nitrogens is 1. The van der Waals surface area contributed by atoms with E-state index >= 15 is 0 Å². The topological polar surface area (TPSA) is 110 Å². The predicted octanol–water partition coefficient (Wildman–Crippen LogP) is 3.71. The Morgan fingerprint density at radius 1 is 1.22 bits per heavy atom. The van der Waals surface area contributed by atoms with Crippen molar-refractivity contribution in [1.82, 2.24) is 10.3 Å². The second kappa shape index (κ2) is 8.74. The van der Waals surface area contributed by atoms with Crippen LogP contribution in [0.2, 0.25) is 5.02 Å². The minimum atomic E-state index is -0.451. The van der Waals surface area contributed by atoms with E-state index in [0.717, 1.165) is 5.69 Å². The Bertz CT molecular complexity index is 961. The van der Waals surface area contributed by atoms with E-state index in [-0.39, 0.29) is 17.3 Å². The third-order valence-electron chi connectivity index (χ3n) is 3.51. The number of amides is 1. The molecule has 3 rings (SSSR count). The van der Waals surface area contributed by atoms with Gasteiger partial charge in [0.05, 0.1) is 10.7 Å². The number of fused-ring (bicyclic) bond motifs is 1. The number of thioether (sulfide) groups is 1. The Hall–Kier alpha value is -2.78. The molecular weight excluding hydrogens is 392 g/mol. The van der Waals surface area contributed by atoms with Crippen LogP contribution in [0.5, 0.6) is 0 Å². The lowest BCUT2D eigenvalue weighted by molar-refractivity contribution is -0.384. The van der Waals surface area contributed by atoms with Gasteiger partial charge in [0.1, 0.15) is 5.52 Å². The molecule has 0 aliphatic rings. The first-order valence-corrected chi connectivity index (χ1v) is 9.31. The molecule has 0 saturated heterocycles. The summed E-state index contributed by atoms with van der Waals surface area (Å²) in [4.78, 5) is 26.3. The summed E-state index contributed by atoms with van der Waals surface area (Å²) in [6.07, 6.45) is 0. The maximum atomic E-state index is 11.9. The second-order valence-corrected chi connectivity index (χ2v) is 6.82. The monoisotopic (exact) mass is 406 g/mol. The zero-order valence-corrected chi connectivity index (χ0v) is 15.5. The number of anilines is 1. The molecule has 0 spiro atoms. The summed E-state index contributed by atoms with van der Waals surface area (Å²) in [6.45, 7) is 0.912. The molecule has 140 valence electrons. The van der Waals surface area contributed by atoms with Crippen molar-refractivity contribution in [3.05, 3.63) is 57.6 Å². The Morgan fingerprint density at radius 2 is 2.00 bits per heavy atom. The van der Waals surface area contributed by atoms with Crippen LogP contribution in [-0.2, 0) is 4.79 Å².